The molecule has 0 spiro atoms. The molecule has 0 aromatic heterocycles. The van der Waals surface area contributed by atoms with Gasteiger partial charge in [0.15, 0.2) is 0 Å². The van der Waals surface area contributed by atoms with E-state index in [1.165, 1.54) is 25.9 Å². The van der Waals surface area contributed by atoms with E-state index in [4.69, 9.17) is 0 Å². The molecule has 0 bridgehead atoms. The van der Waals surface area contributed by atoms with Gasteiger partial charge in [0.25, 0.3) is 0 Å². The van der Waals surface area contributed by atoms with Crippen molar-refractivity contribution in [1.82, 2.24) is 10.2 Å². The van der Waals surface area contributed by atoms with E-state index in [9.17, 15) is 5.26 Å². The lowest BCUT2D eigenvalue weighted by Gasteiger charge is -2.32. The summed E-state index contributed by atoms with van der Waals surface area (Å²) in [6.45, 7) is 10.9. The zero-order valence-corrected chi connectivity index (χ0v) is 11.6. The Hall–Kier alpha value is -0.590. The van der Waals surface area contributed by atoms with Gasteiger partial charge in [-0.05, 0) is 58.2 Å². The van der Waals surface area contributed by atoms with Gasteiger partial charge in [-0.15, -0.1) is 0 Å². The van der Waals surface area contributed by atoms with Crippen LogP contribution in [0.5, 0.6) is 0 Å². The average molecular weight is 237 g/mol. The Kier molecular flexibility index (Phi) is 5.94. The molecule has 0 radical (unpaired) electrons. The van der Waals surface area contributed by atoms with Crippen LogP contribution in [0.15, 0.2) is 0 Å². The number of likely N-dealkylation sites (tertiary alicyclic amines) is 1. The summed E-state index contributed by atoms with van der Waals surface area (Å²) in [5.74, 6) is 0.881. The summed E-state index contributed by atoms with van der Waals surface area (Å²) in [6.07, 6.45) is 4.63. The molecule has 0 aromatic carbocycles. The number of hydrogen-bond acceptors (Lipinski definition) is 3. The van der Waals surface area contributed by atoms with Crippen LogP contribution in [0, 0.1) is 17.2 Å². The first-order valence-electron chi connectivity index (χ1n) is 6.98. The number of hydrogen-bond donors (Lipinski definition) is 1. The third kappa shape index (κ3) is 5.06. The summed E-state index contributed by atoms with van der Waals surface area (Å²) in [4.78, 5) is 2.50. The van der Waals surface area contributed by atoms with Crippen molar-refractivity contribution in [2.45, 2.75) is 52.0 Å². The number of nitriles is 1. The van der Waals surface area contributed by atoms with Crippen LogP contribution in [-0.4, -0.2) is 36.6 Å². The highest BCUT2D eigenvalue weighted by molar-refractivity contribution is 5.04. The topological polar surface area (TPSA) is 39.1 Å². The molecule has 0 amide bonds. The van der Waals surface area contributed by atoms with Gasteiger partial charge in [-0.1, -0.05) is 13.8 Å². The molecule has 98 valence electrons. The molecule has 1 aliphatic rings. The summed E-state index contributed by atoms with van der Waals surface area (Å²) < 4.78 is 0. The van der Waals surface area contributed by atoms with Crippen LogP contribution in [0.4, 0.5) is 0 Å². The van der Waals surface area contributed by atoms with E-state index in [1.54, 1.807) is 0 Å². The second kappa shape index (κ2) is 6.98. The fourth-order valence-electron chi connectivity index (χ4n) is 2.25. The van der Waals surface area contributed by atoms with Gasteiger partial charge in [0, 0.05) is 6.54 Å². The van der Waals surface area contributed by atoms with Gasteiger partial charge < -0.3 is 4.90 Å². The quantitative estimate of drug-likeness (QED) is 0.771. The molecule has 1 atom stereocenters. The lowest BCUT2D eigenvalue weighted by atomic mass is 9.96. The van der Waals surface area contributed by atoms with E-state index in [-0.39, 0.29) is 5.54 Å². The second-order valence-electron chi connectivity index (χ2n) is 5.64. The van der Waals surface area contributed by atoms with Crippen LogP contribution < -0.4 is 5.32 Å². The van der Waals surface area contributed by atoms with Gasteiger partial charge >= 0.3 is 0 Å². The minimum atomic E-state index is -0.348. The highest BCUT2D eigenvalue weighted by Gasteiger charge is 2.24. The lowest BCUT2D eigenvalue weighted by molar-refractivity contribution is 0.179. The molecule has 1 saturated heterocycles. The minimum Gasteiger partial charge on any atom is -0.303 e. The molecule has 17 heavy (non-hydrogen) atoms. The first-order valence-corrected chi connectivity index (χ1v) is 6.98. The van der Waals surface area contributed by atoms with Crippen LogP contribution in [0.2, 0.25) is 0 Å². The molecule has 0 aliphatic carbocycles. The Morgan fingerprint density at radius 1 is 1.41 bits per heavy atom. The van der Waals surface area contributed by atoms with Gasteiger partial charge in [-0.2, -0.15) is 5.26 Å². The van der Waals surface area contributed by atoms with Crippen molar-refractivity contribution in [2.24, 2.45) is 5.92 Å². The molecule has 1 aliphatic heterocycles. The molecular weight excluding hydrogens is 210 g/mol. The zero-order valence-electron chi connectivity index (χ0n) is 11.6. The summed E-state index contributed by atoms with van der Waals surface area (Å²) in [6, 6.07) is 2.42. The summed E-state index contributed by atoms with van der Waals surface area (Å²) >= 11 is 0. The fourth-order valence-corrected chi connectivity index (χ4v) is 2.25. The third-order valence-electron chi connectivity index (χ3n) is 3.82. The van der Waals surface area contributed by atoms with Gasteiger partial charge in [-0.3, -0.25) is 5.32 Å². The predicted molar refractivity (Wildman–Crippen MR) is 71.8 cm³/mol. The second-order valence-corrected chi connectivity index (χ2v) is 5.64. The standard InChI is InChI=1S/C14H27N3/c1-4-8-16-14(3,12-15)7-11-17-9-5-13(2)6-10-17/h13,16H,4-11H2,1-3H3. The van der Waals surface area contributed by atoms with E-state index in [0.29, 0.717) is 0 Å². The highest BCUT2D eigenvalue weighted by atomic mass is 15.1. The van der Waals surface area contributed by atoms with E-state index >= 15 is 0 Å². The average Bonchev–Trinajstić information content (AvgIpc) is 2.36. The molecule has 3 heteroatoms. The Morgan fingerprint density at radius 2 is 2.06 bits per heavy atom. The Labute approximate surface area is 106 Å². The highest BCUT2D eigenvalue weighted by Crippen LogP contribution is 2.18. The van der Waals surface area contributed by atoms with Crippen LogP contribution >= 0.6 is 0 Å². The smallest absolute Gasteiger partial charge is 0.105 e. The molecule has 1 N–H and O–H groups in total. The molecular formula is C14H27N3. The van der Waals surface area contributed by atoms with Gasteiger partial charge in [0.1, 0.15) is 5.54 Å². The molecule has 1 heterocycles. The minimum absolute atomic E-state index is 0.348. The molecule has 1 fully saturated rings. The monoisotopic (exact) mass is 237 g/mol. The van der Waals surface area contributed by atoms with Crippen LogP contribution in [0.1, 0.15) is 46.5 Å². The van der Waals surface area contributed by atoms with Crippen molar-refractivity contribution in [1.29, 1.82) is 5.26 Å². The zero-order chi connectivity index (χ0) is 12.7. The summed E-state index contributed by atoms with van der Waals surface area (Å²) in [5, 5.41) is 12.6. The van der Waals surface area contributed by atoms with Gasteiger partial charge in [0.2, 0.25) is 0 Å². The first kappa shape index (κ1) is 14.5. The fraction of sp³-hybridized carbons (Fsp3) is 0.929. The SMILES string of the molecule is CCCNC(C)(C#N)CCN1CCC(C)CC1. The van der Waals surface area contributed by atoms with E-state index < -0.39 is 0 Å². The number of nitrogens with one attached hydrogen (secondary N) is 1. The first-order chi connectivity index (χ1) is 8.09. The Balaban J connectivity index is 2.30. The predicted octanol–water partition coefficient (Wildman–Crippen LogP) is 2.39. The van der Waals surface area contributed by atoms with E-state index in [1.807, 2.05) is 6.92 Å². The van der Waals surface area contributed by atoms with Crippen molar-refractivity contribution in [3.05, 3.63) is 0 Å². The molecule has 3 nitrogen and oxygen atoms in total. The maximum Gasteiger partial charge on any atom is 0.105 e. The van der Waals surface area contributed by atoms with Crippen molar-refractivity contribution in [3.8, 4) is 6.07 Å². The van der Waals surface area contributed by atoms with Crippen LogP contribution in [0.25, 0.3) is 0 Å². The maximum absolute atomic E-state index is 9.25. The Bertz CT molecular complexity index is 251. The van der Waals surface area contributed by atoms with E-state index in [2.05, 4.69) is 30.1 Å². The maximum atomic E-state index is 9.25. The largest absolute Gasteiger partial charge is 0.303 e. The normalized spacial score (nSPS) is 22.0. The molecule has 0 saturated carbocycles. The van der Waals surface area contributed by atoms with Crippen molar-refractivity contribution in [2.75, 3.05) is 26.2 Å². The van der Waals surface area contributed by atoms with Gasteiger partial charge in [-0.25, -0.2) is 0 Å². The number of rotatable bonds is 6. The van der Waals surface area contributed by atoms with Gasteiger partial charge in [0.05, 0.1) is 6.07 Å². The van der Waals surface area contributed by atoms with Crippen molar-refractivity contribution >= 4 is 0 Å². The van der Waals surface area contributed by atoms with Crippen LogP contribution in [0.3, 0.4) is 0 Å². The van der Waals surface area contributed by atoms with Crippen molar-refractivity contribution in [3.63, 3.8) is 0 Å². The summed E-state index contributed by atoms with van der Waals surface area (Å²) in [7, 11) is 0. The lowest BCUT2D eigenvalue weighted by Crippen LogP contribution is -2.45. The Morgan fingerprint density at radius 3 is 2.59 bits per heavy atom. The van der Waals surface area contributed by atoms with Crippen LogP contribution in [-0.2, 0) is 0 Å². The molecule has 1 unspecified atom stereocenters. The molecule has 0 aromatic rings. The molecule has 1 rings (SSSR count). The summed E-state index contributed by atoms with van der Waals surface area (Å²) in [5.41, 5.74) is -0.348. The third-order valence-corrected chi connectivity index (χ3v) is 3.82. The number of nitrogens with zero attached hydrogens (tertiary/aromatic N) is 2. The van der Waals surface area contributed by atoms with Crippen molar-refractivity contribution < 1.29 is 0 Å². The van der Waals surface area contributed by atoms with E-state index in [0.717, 1.165) is 31.8 Å². The number of piperidine rings is 1.